The first-order chi connectivity index (χ1) is 8.37. The second-order valence-corrected chi connectivity index (χ2v) is 8.82. The van der Waals surface area contributed by atoms with Crippen LogP contribution in [0, 0.1) is 12.3 Å². The van der Waals surface area contributed by atoms with Crippen molar-refractivity contribution in [3.8, 4) is 0 Å². The summed E-state index contributed by atoms with van der Waals surface area (Å²) >= 11 is 0. The van der Waals surface area contributed by atoms with E-state index in [-0.39, 0.29) is 0 Å². The Balaban J connectivity index is 5.78. The molecule has 0 atom stereocenters. The van der Waals surface area contributed by atoms with Gasteiger partial charge >= 0.3 is 0 Å². The van der Waals surface area contributed by atoms with Crippen LogP contribution in [-0.2, 0) is 14.2 Å². The van der Waals surface area contributed by atoms with Crippen LogP contribution in [0.25, 0.3) is 0 Å². The van der Waals surface area contributed by atoms with Crippen molar-refractivity contribution in [2.75, 3.05) is 0 Å². The Morgan fingerprint density at radius 1 is 0.500 bits per heavy atom. The molecule has 0 unspecified atom stereocenters. The van der Waals surface area contributed by atoms with Crippen LogP contribution in [0.15, 0.2) is 0 Å². The van der Waals surface area contributed by atoms with Gasteiger partial charge in [-0.15, -0.1) is 0 Å². The number of hydrogen-bond donors (Lipinski definition) is 0. The van der Waals surface area contributed by atoms with Crippen molar-refractivity contribution in [2.24, 2.45) is 5.41 Å². The van der Waals surface area contributed by atoms with Crippen LogP contribution in [-0.4, -0.2) is 22.8 Å². The minimum Gasteiger partial charge on any atom is -0.321 e. The maximum Gasteiger partial charge on any atom is 0.290 e. The molecule has 0 amide bonds. The van der Waals surface area contributed by atoms with Crippen molar-refractivity contribution in [1.82, 2.24) is 0 Å². The normalized spacial score (nSPS) is 15.6. The number of hydrogen-bond acceptors (Lipinski definition) is 3. The summed E-state index contributed by atoms with van der Waals surface area (Å²) in [6.07, 6.45) is 0. The molecule has 119 valence electrons. The molecule has 0 heterocycles. The lowest BCUT2D eigenvalue weighted by Crippen LogP contribution is -2.59. The lowest BCUT2D eigenvalue weighted by atomic mass is 9.90. The molecule has 20 heavy (non-hydrogen) atoms. The topological polar surface area (TPSA) is 27.7 Å². The van der Waals surface area contributed by atoms with E-state index in [1.807, 2.05) is 62.3 Å². The van der Waals surface area contributed by atoms with Gasteiger partial charge in [-0.05, 0) is 62.3 Å². The van der Waals surface area contributed by atoms with E-state index >= 15 is 0 Å². The van der Waals surface area contributed by atoms with E-state index in [4.69, 9.17) is 21.1 Å². The fourth-order valence-electron chi connectivity index (χ4n) is 1.65. The van der Waals surface area contributed by atoms with Crippen LogP contribution in [0.3, 0.4) is 0 Å². The summed E-state index contributed by atoms with van der Waals surface area (Å²) < 4.78 is 18.3. The minimum atomic E-state index is -1.44. The molecule has 0 rings (SSSR count). The predicted octanol–water partition coefficient (Wildman–Crippen LogP) is 4.70. The van der Waals surface area contributed by atoms with E-state index in [1.165, 1.54) is 0 Å². The van der Waals surface area contributed by atoms with Crippen molar-refractivity contribution >= 4 is 0 Å². The Kier molecular flexibility index (Phi) is 5.55. The standard InChI is InChI=1S/C17H33O3/c1-13(2,3)17(18-14(4,5)6,19-15(7,8)9)20-16(10,11)12/h1-2,4-12H3. The minimum absolute atomic E-state index is 0.491. The number of ether oxygens (including phenoxy) is 3. The van der Waals surface area contributed by atoms with E-state index in [0.717, 1.165) is 0 Å². The van der Waals surface area contributed by atoms with Crippen molar-refractivity contribution in [2.45, 2.75) is 98.9 Å². The molecule has 0 aromatic rings. The molecule has 0 fully saturated rings. The molecule has 0 N–H and O–H groups in total. The van der Waals surface area contributed by atoms with Crippen LogP contribution in [0.5, 0.6) is 0 Å². The molecule has 0 aliphatic heterocycles. The Morgan fingerprint density at radius 3 is 0.800 bits per heavy atom. The van der Waals surface area contributed by atoms with Gasteiger partial charge in [0.2, 0.25) is 0 Å². The average Bonchev–Trinajstić information content (AvgIpc) is 1.88. The second kappa shape index (κ2) is 5.58. The van der Waals surface area contributed by atoms with Crippen molar-refractivity contribution in [1.29, 1.82) is 0 Å². The molecule has 0 spiro atoms. The maximum atomic E-state index is 8.50. The summed E-state index contributed by atoms with van der Waals surface area (Å²) in [5.41, 5.74) is -2.56. The lowest BCUT2D eigenvalue weighted by Gasteiger charge is -2.51. The molecule has 0 aromatic carbocycles. The molecule has 3 nitrogen and oxygen atoms in total. The largest absolute Gasteiger partial charge is 0.321 e. The first-order valence-corrected chi connectivity index (χ1v) is 7.22. The zero-order chi connectivity index (χ0) is 16.6. The zero-order valence-electron chi connectivity index (χ0n) is 15.2. The third-order valence-electron chi connectivity index (χ3n) is 2.09. The fraction of sp³-hybridized carbons (Fsp3) is 0.941. The molecular weight excluding hydrogens is 252 g/mol. The van der Waals surface area contributed by atoms with E-state index in [1.54, 1.807) is 13.8 Å². The predicted molar refractivity (Wildman–Crippen MR) is 82.3 cm³/mol. The van der Waals surface area contributed by atoms with Crippen LogP contribution in [0.1, 0.15) is 76.2 Å². The molecule has 3 heteroatoms. The van der Waals surface area contributed by atoms with Crippen LogP contribution < -0.4 is 0 Å². The highest BCUT2D eigenvalue weighted by Gasteiger charge is 2.53. The Labute approximate surface area is 126 Å². The van der Waals surface area contributed by atoms with E-state index < -0.39 is 28.2 Å². The van der Waals surface area contributed by atoms with Crippen molar-refractivity contribution in [3.63, 3.8) is 0 Å². The van der Waals surface area contributed by atoms with E-state index in [0.29, 0.717) is 0 Å². The van der Waals surface area contributed by atoms with Gasteiger partial charge in [0.05, 0.1) is 22.2 Å². The molecule has 0 saturated carbocycles. The Hall–Kier alpha value is -0.120. The quantitative estimate of drug-likeness (QED) is 0.701. The smallest absolute Gasteiger partial charge is 0.290 e. The van der Waals surface area contributed by atoms with Gasteiger partial charge in [-0.3, -0.25) is 0 Å². The van der Waals surface area contributed by atoms with E-state index in [2.05, 4.69) is 0 Å². The van der Waals surface area contributed by atoms with Gasteiger partial charge in [0.1, 0.15) is 0 Å². The summed E-state index contributed by atoms with van der Waals surface area (Å²) in [7, 11) is 0. The third-order valence-corrected chi connectivity index (χ3v) is 2.09. The third kappa shape index (κ3) is 7.05. The van der Waals surface area contributed by atoms with Gasteiger partial charge in [-0.2, -0.15) is 0 Å². The molecule has 0 aliphatic carbocycles. The number of rotatable bonds is 4. The highest BCUT2D eigenvalue weighted by molar-refractivity contribution is 4.89. The van der Waals surface area contributed by atoms with Gasteiger partial charge < -0.3 is 14.2 Å². The van der Waals surface area contributed by atoms with Crippen LogP contribution in [0.4, 0.5) is 0 Å². The molecule has 0 saturated heterocycles. The maximum absolute atomic E-state index is 8.50. The van der Waals surface area contributed by atoms with Gasteiger partial charge in [0.15, 0.2) is 0 Å². The monoisotopic (exact) mass is 285 g/mol. The molecule has 0 aliphatic rings. The summed E-state index contributed by atoms with van der Waals surface area (Å²) in [5.74, 6) is -1.44. The first kappa shape index (κ1) is 19.9. The summed E-state index contributed by atoms with van der Waals surface area (Å²) in [5, 5.41) is 0. The summed E-state index contributed by atoms with van der Waals surface area (Å²) in [6, 6.07) is 0. The SMILES string of the molecule is [C]C(C)(C)C(OC(C)(C)C)(OC(C)(C)C)OC(C)(C)C. The summed E-state index contributed by atoms with van der Waals surface area (Å²) in [6.45, 7) is 29.4. The van der Waals surface area contributed by atoms with Crippen molar-refractivity contribution < 1.29 is 14.2 Å². The van der Waals surface area contributed by atoms with Crippen LogP contribution in [0.2, 0.25) is 0 Å². The van der Waals surface area contributed by atoms with Gasteiger partial charge in [-0.1, -0.05) is 13.8 Å². The van der Waals surface area contributed by atoms with Crippen molar-refractivity contribution in [3.05, 3.63) is 6.92 Å². The van der Waals surface area contributed by atoms with Gasteiger partial charge in [-0.25, -0.2) is 0 Å². The van der Waals surface area contributed by atoms with Gasteiger partial charge in [0, 0.05) is 6.92 Å². The highest BCUT2D eigenvalue weighted by Crippen LogP contribution is 2.43. The summed E-state index contributed by atoms with van der Waals surface area (Å²) in [4.78, 5) is 0. The Bertz CT molecular complexity index is 264. The molecule has 3 radical (unpaired) electrons. The van der Waals surface area contributed by atoms with E-state index in [9.17, 15) is 0 Å². The highest BCUT2D eigenvalue weighted by atomic mass is 16.9. The van der Waals surface area contributed by atoms with Gasteiger partial charge in [0.25, 0.3) is 5.97 Å². The molecule has 0 bridgehead atoms. The zero-order valence-corrected chi connectivity index (χ0v) is 15.2. The molecule has 0 aromatic heterocycles. The Morgan fingerprint density at radius 2 is 0.700 bits per heavy atom. The van der Waals surface area contributed by atoms with Crippen LogP contribution >= 0.6 is 0 Å². The first-order valence-electron chi connectivity index (χ1n) is 7.22. The second-order valence-electron chi connectivity index (χ2n) is 8.82. The molecular formula is C17H33O3. The average molecular weight is 285 g/mol. The fourth-order valence-corrected chi connectivity index (χ4v) is 1.65. The lowest BCUT2D eigenvalue weighted by molar-refractivity contribution is -0.477.